The van der Waals surface area contributed by atoms with E-state index in [4.69, 9.17) is 5.84 Å². The van der Waals surface area contributed by atoms with E-state index in [9.17, 15) is 8.42 Å². The first-order valence-electron chi connectivity index (χ1n) is 4.12. The van der Waals surface area contributed by atoms with Crippen molar-refractivity contribution in [3.8, 4) is 0 Å². The number of rotatable bonds is 7. The third-order valence-electron chi connectivity index (χ3n) is 1.74. The number of sulfone groups is 1. The molecule has 0 spiro atoms. The third kappa shape index (κ3) is 8.55. The van der Waals surface area contributed by atoms with E-state index in [-0.39, 0.29) is 11.8 Å². The fourth-order valence-electron chi connectivity index (χ4n) is 0.927. The van der Waals surface area contributed by atoms with E-state index in [0.717, 1.165) is 12.2 Å². The molecule has 0 aliphatic rings. The Morgan fingerprint density at radius 3 is 2.46 bits per heavy atom. The van der Waals surface area contributed by atoms with Gasteiger partial charge in [0.15, 0.2) is 0 Å². The highest BCUT2D eigenvalue weighted by Crippen LogP contribution is 2.04. The summed E-state index contributed by atoms with van der Waals surface area (Å²) in [7, 11) is -2.86. The van der Waals surface area contributed by atoms with Crippen LogP contribution in [-0.2, 0) is 9.84 Å². The van der Waals surface area contributed by atoms with Crippen LogP contribution in [0.1, 0.15) is 12.8 Å². The largest absolute Gasteiger partial charge is 0.271 e. The molecular weight excluding hydrogens is 208 g/mol. The molecular formula is C7H18N2O2S2. The van der Waals surface area contributed by atoms with Crippen LogP contribution in [0.25, 0.3) is 0 Å². The normalized spacial score (nSPS) is 14.4. The van der Waals surface area contributed by atoms with E-state index in [1.807, 2.05) is 6.26 Å². The Bertz CT molecular complexity index is 217. The number of nitrogens with one attached hydrogen (secondary N) is 1. The van der Waals surface area contributed by atoms with Crippen LogP contribution >= 0.6 is 11.8 Å². The SMILES string of the molecule is CSCCC(CCS(C)(=O)=O)NN. The van der Waals surface area contributed by atoms with Gasteiger partial charge in [-0.25, -0.2) is 8.42 Å². The summed E-state index contributed by atoms with van der Waals surface area (Å²) in [6.07, 6.45) is 4.77. The molecule has 0 fully saturated rings. The van der Waals surface area contributed by atoms with Crippen LogP contribution in [0.15, 0.2) is 0 Å². The van der Waals surface area contributed by atoms with Crippen LogP contribution in [-0.4, -0.2) is 38.5 Å². The topological polar surface area (TPSA) is 72.2 Å². The van der Waals surface area contributed by atoms with Crippen molar-refractivity contribution in [2.75, 3.05) is 24.0 Å². The van der Waals surface area contributed by atoms with Gasteiger partial charge in [0, 0.05) is 12.3 Å². The first-order chi connectivity index (χ1) is 5.99. The maximum atomic E-state index is 10.9. The van der Waals surface area contributed by atoms with Gasteiger partial charge in [-0.1, -0.05) is 0 Å². The van der Waals surface area contributed by atoms with Gasteiger partial charge < -0.3 is 0 Å². The van der Waals surface area contributed by atoms with Crippen LogP contribution in [0.4, 0.5) is 0 Å². The molecule has 0 rings (SSSR count). The Balaban J connectivity index is 3.72. The fourth-order valence-corrected chi connectivity index (χ4v) is 2.16. The minimum Gasteiger partial charge on any atom is -0.271 e. The van der Waals surface area contributed by atoms with Crippen LogP contribution < -0.4 is 11.3 Å². The van der Waals surface area contributed by atoms with E-state index in [2.05, 4.69) is 5.43 Å². The highest BCUT2D eigenvalue weighted by molar-refractivity contribution is 7.98. The van der Waals surface area contributed by atoms with E-state index in [1.54, 1.807) is 11.8 Å². The van der Waals surface area contributed by atoms with Crippen LogP contribution in [0.5, 0.6) is 0 Å². The molecule has 0 aromatic carbocycles. The summed E-state index contributed by atoms with van der Waals surface area (Å²) in [6, 6.07) is 0.113. The van der Waals surface area contributed by atoms with E-state index < -0.39 is 9.84 Å². The molecule has 1 unspecified atom stereocenters. The molecule has 0 amide bonds. The van der Waals surface area contributed by atoms with E-state index in [1.165, 1.54) is 6.26 Å². The molecule has 1 atom stereocenters. The van der Waals surface area contributed by atoms with Crippen LogP contribution in [0.2, 0.25) is 0 Å². The second-order valence-electron chi connectivity index (χ2n) is 3.06. The van der Waals surface area contributed by atoms with Crippen molar-refractivity contribution in [3.63, 3.8) is 0 Å². The molecule has 0 aromatic heterocycles. The standard InChI is InChI=1S/C7H18N2O2S2/c1-12-5-3-7(9-8)4-6-13(2,10)11/h7,9H,3-6,8H2,1-2H3. The predicted molar refractivity (Wildman–Crippen MR) is 58.4 cm³/mol. The Hall–Kier alpha value is 0.220. The van der Waals surface area contributed by atoms with Crippen molar-refractivity contribution < 1.29 is 8.42 Å². The quantitative estimate of drug-likeness (QED) is 0.472. The molecule has 0 aliphatic carbocycles. The van der Waals surface area contributed by atoms with E-state index in [0.29, 0.717) is 6.42 Å². The number of hydrogen-bond acceptors (Lipinski definition) is 5. The van der Waals surface area contributed by atoms with Gasteiger partial charge in [0.25, 0.3) is 0 Å². The third-order valence-corrected chi connectivity index (χ3v) is 3.36. The summed E-state index contributed by atoms with van der Waals surface area (Å²) >= 11 is 1.73. The zero-order valence-electron chi connectivity index (χ0n) is 8.12. The molecule has 0 aromatic rings. The second-order valence-corrected chi connectivity index (χ2v) is 6.31. The number of thioether (sulfide) groups is 1. The van der Waals surface area contributed by atoms with Gasteiger partial charge >= 0.3 is 0 Å². The summed E-state index contributed by atoms with van der Waals surface area (Å²) in [5.74, 6) is 6.49. The lowest BCUT2D eigenvalue weighted by atomic mass is 10.2. The van der Waals surface area contributed by atoms with Crippen molar-refractivity contribution in [2.24, 2.45) is 5.84 Å². The molecule has 80 valence electrons. The number of hydrazine groups is 1. The van der Waals surface area contributed by atoms with Gasteiger partial charge in [0.2, 0.25) is 0 Å². The van der Waals surface area contributed by atoms with Gasteiger partial charge in [0.1, 0.15) is 9.84 Å². The first-order valence-corrected chi connectivity index (χ1v) is 7.58. The second kappa shape index (κ2) is 6.64. The molecule has 0 aliphatic heterocycles. The average molecular weight is 226 g/mol. The van der Waals surface area contributed by atoms with Crippen molar-refractivity contribution >= 4 is 21.6 Å². The van der Waals surface area contributed by atoms with Crippen LogP contribution in [0, 0.1) is 0 Å². The highest BCUT2D eigenvalue weighted by Gasteiger charge is 2.09. The smallest absolute Gasteiger partial charge is 0.147 e. The maximum absolute atomic E-state index is 10.9. The van der Waals surface area contributed by atoms with Crippen molar-refractivity contribution in [1.29, 1.82) is 0 Å². The molecule has 13 heavy (non-hydrogen) atoms. The molecule has 0 heterocycles. The average Bonchev–Trinajstić information content (AvgIpc) is 2.03. The maximum Gasteiger partial charge on any atom is 0.147 e. The predicted octanol–water partition coefficient (Wildman–Crippen LogP) is 0.00610. The summed E-state index contributed by atoms with van der Waals surface area (Å²) in [4.78, 5) is 0. The van der Waals surface area contributed by atoms with Crippen molar-refractivity contribution in [3.05, 3.63) is 0 Å². The molecule has 0 bridgehead atoms. The molecule has 0 saturated carbocycles. The van der Waals surface area contributed by atoms with Gasteiger partial charge in [-0.05, 0) is 24.9 Å². The summed E-state index contributed by atoms with van der Waals surface area (Å²) < 4.78 is 21.7. The molecule has 4 nitrogen and oxygen atoms in total. The Morgan fingerprint density at radius 1 is 1.46 bits per heavy atom. The lowest BCUT2D eigenvalue weighted by Gasteiger charge is -2.13. The Morgan fingerprint density at radius 2 is 2.08 bits per heavy atom. The lowest BCUT2D eigenvalue weighted by molar-refractivity contribution is 0.499. The molecule has 3 N–H and O–H groups in total. The molecule has 0 radical (unpaired) electrons. The van der Waals surface area contributed by atoms with Gasteiger partial charge in [-0.3, -0.25) is 11.3 Å². The van der Waals surface area contributed by atoms with E-state index >= 15 is 0 Å². The van der Waals surface area contributed by atoms with Crippen molar-refractivity contribution in [2.45, 2.75) is 18.9 Å². The summed E-state index contributed by atoms with van der Waals surface area (Å²) in [6.45, 7) is 0. The Kier molecular flexibility index (Phi) is 6.75. The Labute approximate surface area is 84.5 Å². The van der Waals surface area contributed by atoms with Crippen molar-refractivity contribution in [1.82, 2.24) is 5.43 Å². The van der Waals surface area contributed by atoms with Gasteiger partial charge in [0.05, 0.1) is 5.75 Å². The van der Waals surface area contributed by atoms with Gasteiger partial charge in [-0.2, -0.15) is 11.8 Å². The minimum absolute atomic E-state index is 0.113. The minimum atomic E-state index is -2.86. The summed E-state index contributed by atoms with van der Waals surface area (Å²) in [5, 5.41) is 0. The zero-order chi connectivity index (χ0) is 10.3. The molecule has 0 saturated heterocycles. The first kappa shape index (κ1) is 13.2. The zero-order valence-corrected chi connectivity index (χ0v) is 9.75. The lowest BCUT2D eigenvalue weighted by Crippen LogP contribution is -2.36. The monoisotopic (exact) mass is 226 g/mol. The van der Waals surface area contributed by atoms with Crippen LogP contribution in [0.3, 0.4) is 0 Å². The summed E-state index contributed by atoms with van der Waals surface area (Å²) in [5.41, 5.74) is 2.63. The fraction of sp³-hybridized carbons (Fsp3) is 1.00. The number of hydrogen-bond donors (Lipinski definition) is 2. The molecule has 6 heteroatoms. The number of nitrogens with two attached hydrogens (primary N) is 1. The van der Waals surface area contributed by atoms with Gasteiger partial charge in [-0.15, -0.1) is 0 Å². The highest BCUT2D eigenvalue weighted by atomic mass is 32.2.